The number of benzene rings is 1. The lowest BCUT2D eigenvalue weighted by Crippen LogP contribution is -2.35. The summed E-state index contributed by atoms with van der Waals surface area (Å²) >= 11 is 5.84. The molecule has 0 saturated carbocycles. The molecule has 0 radical (unpaired) electrons. The number of β-amino-alcohol motifs (C(OH)–C–C–N with tert-alkyl or cyclic N) is 1. The van der Waals surface area contributed by atoms with Gasteiger partial charge in [0.25, 0.3) is 0 Å². The number of halogens is 1. The van der Waals surface area contributed by atoms with Gasteiger partial charge in [-0.2, -0.15) is 0 Å². The van der Waals surface area contributed by atoms with Gasteiger partial charge in [-0.15, -0.1) is 0 Å². The minimum absolute atomic E-state index is 0.0880. The molecule has 0 aromatic heterocycles. The van der Waals surface area contributed by atoms with E-state index < -0.39 is 5.60 Å². The fraction of sp³-hybridized carbons (Fsp3) is 0.462. The molecule has 0 bridgehead atoms. The first kappa shape index (κ1) is 13.3. The number of carbonyl (C=O) groups excluding carboxylic acids is 1. The Bertz CT molecular complexity index is 448. The Morgan fingerprint density at radius 3 is 3.00 bits per heavy atom. The number of nitrogens with zero attached hydrogens (tertiary/aromatic N) is 1. The van der Waals surface area contributed by atoms with Gasteiger partial charge in [0.15, 0.2) is 0 Å². The van der Waals surface area contributed by atoms with E-state index in [9.17, 15) is 9.90 Å². The lowest BCUT2D eigenvalue weighted by atomic mass is 10.1. The number of rotatable bonds is 3. The van der Waals surface area contributed by atoms with E-state index in [4.69, 9.17) is 11.6 Å². The molecular formula is C13H17ClN2O2. The molecule has 1 aliphatic rings. The van der Waals surface area contributed by atoms with Crippen molar-refractivity contribution in [3.63, 3.8) is 0 Å². The summed E-state index contributed by atoms with van der Waals surface area (Å²) in [4.78, 5) is 13.8. The highest BCUT2D eigenvalue weighted by Crippen LogP contribution is 2.20. The molecule has 2 rings (SSSR count). The SMILES string of the molecule is CC1(O)CCN(CC(=O)Nc2cccc(Cl)c2)C1. The Hall–Kier alpha value is -1.10. The Balaban J connectivity index is 1.86. The van der Waals surface area contributed by atoms with Crippen LogP contribution in [0.15, 0.2) is 24.3 Å². The fourth-order valence-electron chi connectivity index (χ4n) is 2.14. The molecular weight excluding hydrogens is 252 g/mol. The summed E-state index contributed by atoms with van der Waals surface area (Å²) in [6.07, 6.45) is 0.706. The van der Waals surface area contributed by atoms with E-state index in [0.29, 0.717) is 30.2 Å². The van der Waals surface area contributed by atoms with Crippen LogP contribution in [-0.2, 0) is 4.79 Å². The second kappa shape index (κ2) is 5.26. The molecule has 1 unspecified atom stereocenters. The molecule has 1 aliphatic heterocycles. The second-order valence-corrected chi connectivity index (χ2v) is 5.45. The third-order valence-corrected chi connectivity index (χ3v) is 3.24. The lowest BCUT2D eigenvalue weighted by Gasteiger charge is -2.18. The molecule has 1 fully saturated rings. The van der Waals surface area contributed by atoms with E-state index in [2.05, 4.69) is 5.32 Å². The molecule has 18 heavy (non-hydrogen) atoms. The first-order chi connectivity index (χ1) is 8.44. The summed E-state index contributed by atoms with van der Waals surface area (Å²) in [5.41, 5.74) is 0.0227. The summed E-state index contributed by atoms with van der Waals surface area (Å²) in [5.74, 6) is -0.0880. The van der Waals surface area contributed by atoms with Gasteiger partial charge in [0.2, 0.25) is 5.91 Å². The summed E-state index contributed by atoms with van der Waals surface area (Å²) in [6.45, 7) is 3.37. The predicted molar refractivity (Wildman–Crippen MR) is 71.8 cm³/mol. The van der Waals surface area contributed by atoms with Crippen molar-refractivity contribution < 1.29 is 9.90 Å². The smallest absolute Gasteiger partial charge is 0.238 e. The molecule has 4 nitrogen and oxygen atoms in total. The van der Waals surface area contributed by atoms with Crippen LogP contribution in [0.25, 0.3) is 0 Å². The molecule has 1 heterocycles. The minimum Gasteiger partial charge on any atom is -0.389 e. The number of likely N-dealkylation sites (tertiary alicyclic amines) is 1. The number of hydrogen-bond donors (Lipinski definition) is 2. The highest BCUT2D eigenvalue weighted by molar-refractivity contribution is 6.30. The van der Waals surface area contributed by atoms with Crippen molar-refractivity contribution in [1.82, 2.24) is 4.90 Å². The first-order valence-electron chi connectivity index (χ1n) is 5.95. The molecule has 0 spiro atoms. The van der Waals surface area contributed by atoms with Crippen LogP contribution in [0.1, 0.15) is 13.3 Å². The molecule has 1 saturated heterocycles. The van der Waals surface area contributed by atoms with E-state index >= 15 is 0 Å². The van der Waals surface area contributed by atoms with Crippen molar-refractivity contribution in [3.05, 3.63) is 29.3 Å². The highest BCUT2D eigenvalue weighted by atomic mass is 35.5. The van der Waals surface area contributed by atoms with Crippen LogP contribution in [0, 0.1) is 0 Å². The number of nitrogens with one attached hydrogen (secondary N) is 1. The van der Waals surface area contributed by atoms with Crippen LogP contribution in [0.4, 0.5) is 5.69 Å². The largest absolute Gasteiger partial charge is 0.389 e. The summed E-state index contributed by atoms with van der Waals surface area (Å²) in [5, 5.41) is 13.2. The minimum atomic E-state index is -0.670. The van der Waals surface area contributed by atoms with E-state index in [1.165, 1.54) is 0 Å². The van der Waals surface area contributed by atoms with E-state index in [1.807, 2.05) is 4.90 Å². The number of amides is 1. The molecule has 1 aromatic carbocycles. The van der Waals surface area contributed by atoms with E-state index in [1.54, 1.807) is 31.2 Å². The molecule has 2 N–H and O–H groups in total. The number of hydrogen-bond acceptors (Lipinski definition) is 3. The van der Waals surface area contributed by atoms with Crippen LogP contribution in [0.5, 0.6) is 0 Å². The maximum Gasteiger partial charge on any atom is 0.238 e. The number of carbonyl (C=O) groups is 1. The topological polar surface area (TPSA) is 52.6 Å². The van der Waals surface area contributed by atoms with Gasteiger partial charge >= 0.3 is 0 Å². The molecule has 1 atom stereocenters. The van der Waals surface area contributed by atoms with E-state index in [-0.39, 0.29) is 5.91 Å². The average molecular weight is 269 g/mol. The maximum absolute atomic E-state index is 11.8. The molecule has 0 aliphatic carbocycles. The maximum atomic E-state index is 11.8. The van der Waals surface area contributed by atoms with Gasteiger partial charge in [-0.25, -0.2) is 0 Å². The van der Waals surface area contributed by atoms with Crippen molar-refractivity contribution in [2.24, 2.45) is 0 Å². The van der Waals surface area contributed by atoms with Crippen LogP contribution in [0.3, 0.4) is 0 Å². The molecule has 1 amide bonds. The normalized spacial score (nSPS) is 24.2. The van der Waals surface area contributed by atoms with Crippen LogP contribution in [0.2, 0.25) is 5.02 Å². The van der Waals surface area contributed by atoms with Crippen molar-refractivity contribution >= 4 is 23.2 Å². The van der Waals surface area contributed by atoms with Crippen molar-refractivity contribution in [2.45, 2.75) is 18.9 Å². The third-order valence-electron chi connectivity index (χ3n) is 3.01. The quantitative estimate of drug-likeness (QED) is 0.878. The lowest BCUT2D eigenvalue weighted by molar-refractivity contribution is -0.117. The highest BCUT2D eigenvalue weighted by Gasteiger charge is 2.31. The Kier molecular flexibility index (Phi) is 3.90. The van der Waals surface area contributed by atoms with Crippen LogP contribution in [-0.4, -0.2) is 41.1 Å². The zero-order chi connectivity index (χ0) is 13.2. The fourth-order valence-corrected chi connectivity index (χ4v) is 2.33. The van der Waals surface area contributed by atoms with Crippen molar-refractivity contribution in [3.8, 4) is 0 Å². The predicted octanol–water partition coefficient (Wildman–Crippen LogP) is 1.74. The van der Waals surface area contributed by atoms with Gasteiger partial charge < -0.3 is 10.4 Å². The Morgan fingerprint density at radius 1 is 1.61 bits per heavy atom. The molecule has 1 aromatic rings. The average Bonchev–Trinajstić information content (AvgIpc) is 2.57. The van der Waals surface area contributed by atoms with E-state index in [0.717, 1.165) is 6.54 Å². The van der Waals surface area contributed by atoms with Gasteiger partial charge in [-0.1, -0.05) is 17.7 Å². The zero-order valence-corrected chi connectivity index (χ0v) is 11.1. The molecule has 98 valence electrons. The van der Waals surface area contributed by atoms with Gasteiger partial charge in [0.1, 0.15) is 0 Å². The van der Waals surface area contributed by atoms with Gasteiger partial charge in [-0.3, -0.25) is 9.69 Å². The third kappa shape index (κ3) is 3.70. The first-order valence-corrected chi connectivity index (χ1v) is 6.33. The number of aliphatic hydroxyl groups is 1. The Labute approximate surface area is 112 Å². The van der Waals surface area contributed by atoms with Gasteiger partial charge in [-0.05, 0) is 31.5 Å². The second-order valence-electron chi connectivity index (χ2n) is 5.02. The van der Waals surface area contributed by atoms with Gasteiger partial charge in [0.05, 0.1) is 12.1 Å². The van der Waals surface area contributed by atoms with Crippen molar-refractivity contribution in [2.75, 3.05) is 25.0 Å². The zero-order valence-electron chi connectivity index (χ0n) is 10.3. The number of anilines is 1. The van der Waals surface area contributed by atoms with Gasteiger partial charge in [0, 0.05) is 23.8 Å². The summed E-state index contributed by atoms with van der Waals surface area (Å²) in [6, 6.07) is 7.05. The van der Waals surface area contributed by atoms with Crippen molar-refractivity contribution in [1.29, 1.82) is 0 Å². The molecule has 5 heteroatoms. The van der Waals surface area contributed by atoms with Crippen LogP contribution < -0.4 is 5.32 Å². The van der Waals surface area contributed by atoms with Crippen LogP contribution >= 0.6 is 11.6 Å². The Morgan fingerprint density at radius 2 is 2.39 bits per heavy atom. The monoisotopic (exact) mass is 268 g/mol. The summed E-state index contributed by atoms with van der Waals surface area (Å²) < 4.78 is 0. The standard InChI is InChI=1S/C13H17ClN2O2/c1-13(18)5-6-16(9-13)8-12(17)15-11-4-2-3-10(14)7-11/h2-4,7,18H,5-6,8-9H2,1H3,(H,15,17). The summed E-state index contributed by atoms with van der Waals surface area (Å²) in [7, 11) is 0.